The van der Waals surface area contributed by atoms with Gasteiger partial charge in [-0.15, -0.1) is 0 Å². The third-order valence-electron chi connectivity index (χ3n) is 8.45. The molecule has 3 N–H and O–H groups in total. The van der Waals surface area contributed by atoms with Crippen molar-refractivity contribution < 1.29 is 18.8 Å². The van der Waals surface area contributed by atoms with E-state index >= 15 is 0 Å². The third-order valence-corrected chi connectivity index (χ3v) is 8.94. The van der Waals surface area contributed by atoms with Crippen molar-refractivity contribution in [1.29, 1.82) is 0 Å². The van der Waals surface area contributed by atoms with E-state index in [9.17, 15) is 18.8 Å². The molecule has 2 heterocycles. The number of halogens is 3. The summed E-state index contributed by atoms with van der Waals surface area (Å²) in [4.78, 5) is 43.0. The molecule has 2 saturated heterocycles. The maximum Gasteiger partial charge on any atom is 0.239 e. The molecule has 2 aromatic carbocycles. The second-order valence-corrected chi connectivity index (χ2v) is 12.2. The average molecular weight is 614 g/mol. The van der Waals surface area contributed by atoms with Gasteiger partial charge < -0.3 is 20.9 Å². The number of nitrogens with one attached hydrogen (secondary N) is 3. The number of allylic oxidation sites excluding steroid dienone is 4. The molecule has 0 spiro atoms. The third kappa shape index (κ3) is 7.05. The molecule has 1 aliphatic carbocycles. The molecule has 3 aliphatic rings. The molecule has 3 amide bonds. The fraction of sp³-hybridized carbons (Fsp3) is 0.406. The monoisotopic (exact) mass is 612 g/mol. The normalized spacial score (nSPS) is 24.7. The van der Waals surface area contributed by atoms with Crippen molar-refractivity contribution in [2.75, 3.05) is 25.0 Å². The van der Waals surface area contributed by atoms with Crippen molar-refractivity contribution in [1.82, 2.24) is 15.5 Å². The van der Waals surface area contributed by atoms with Crippen LogP contribution >= 0.6 is 23.2 Å². The average Bonchev–Trinajstić information content (AvgIpc) is 2.95. The van der Waals surface area contributed by atoms with Gasteiger partial charge in [0.15, 0.2) is 0 Å². The number of carbonyl (C=O) groups excluding carboxylic acids is 3. The van der Waals surface area contributed by atoms with E-state index < -0.39 is 23.7 Å². The maximum atomic E-state index is 14.8. The Morgan fingerprint density at radius 1 is 1.12 bits per heavy atom. The van der Waals surface area contributed by atoms with E-state index in [4.69, 9.17) is 23.2 Å². The Labute approximate surface area is 255 Å². The predicted octanol–water partition coefficient (Wildman–Crippen LogP) is 5.50. The highest BCUT2D eigenvalue weighted by Gasteiger charge is 2.49. The Kier molecular flexibility index (Phi) is 9.66. The van der Waals surface area contributed by atoms with Crippen molar-refractivity contribution in [2.24, 2.45) is 17.8 Å². The Morgan fingerprint density at radius 3 is 2.64 bits per heavy atom. The van der Waals surface area contributed by atoms with Crippen LogP contribution in [0, 0.1) is 30.5 Å². The van der Waals surface area contributed by atoms with E-state index in [0.29, 0.717) is 27.7 Å². The summed E-state index contributed by atoms with van der Waals surface area (Å²) in [6, 6.07) is 10.3. The summed E-state index contributed by atoms with van der Waals surface area (Å²) in [6.45, 7) is 3.19. The first-order valence-electron chi connectivity index (χ1n) is 14.4. The van der Waals surface area contributed by atoms with Gasteiger partial charge in [0.25, 0.3) is 0 Å². The van der Waals surface area contributed by atoms with Crippen molar-refractivity contribution in [2.45, 2.75) is 44.7 Å². The first-order chi connectivity index (χ1) is 20.2. The minimum atomic E-state index is -0.886. The molecule has 10 heteroatoms. The van der Waals surface area contributed by atoms with Crippen LogP contribution in [0.25, 0.3) is 0 Å². The van der Waals surface area contributed by atoms with Gasteiger partial charge in [0.05, 0.1) is 12.0 Å². The lowest BCUT2D eigenvalue weighted by Gasteiger charge is -2.47. The number of amides is 3. The maximum absolute atomic E-state index is 14.8. The molecule has 5 rings (SSSR count). The number of anilines is 1. The molecule has 0 aromatic heterocycles. The van der Waals surface area contributed by atoms with E-state index in [1.165, 1.54) is 17.0 Å². The summed E-state index contributed by atoms with van der Waals surface area (Å²) in [5.41, 5.74) is 1.72. The standard InChI is InChI=1S/C32H35Cl2FN4O3/c1-19-8-9-23(35)16-26(19)31-30(32(42)38-25-7-3-6-22(34)15-25)27(20-4-2-5-21(33)14-20)17-29(41)39(31)18-28(40)37-24-10-12-36-13-11-24/h2-3,5-9,14-16,20,24,27,30-31,36H,4,10-13,17-18H2,1H3,(H,37,40)(H,38,42)/t20?,27-,30-,31+/m0/s1. The number of benzene rings is 2. The topological polar surface area (TPSA) is 90.5 Å². The number of likely N-dealkylation sites (tertiary alicyclic amines) is 1. The van der Waals surface area contributed by atoms with Crippen molar-refractivity contribution >= 4 is 46.6 Å². The van der Waals surface area contributed by atoms with Crippen LogP contribution in [0.15, 0.2) is 65.7 Å². The fourth-order valence-electron chi connectivity index (χ4n) is 6.41. The molecular weight excluding hydrogens is 578 g/mol. The zero-order valence-electron chi connectivity index (χ0n) is 23.4. The highest BCUT2D eigenvalue weighted by molar-refractivity contribution is 6.31. The van der Waals surface area contributed by atoms with Gasteiger partial charge in [0, 0.05) is 28.2 Å². The van der Waals surface area contributed by atoms with Crippen LogP contribution in [-0.4, -0.2) is 48.3 Å². The molecule has 2 aromatic rings. The quantitative estimate of drug-likeness (QED) is 0.385. The number of carbonyl (C=O) groups is 3. The molecule has 7 nitrogen and oxygen atoms in total. The van der Waals surface area contributed by atoms with Crippen LogP contribution in [-0.2, 0) is 14.4 Å². The van der Waals surface area contributed by atoms with Gasteiger partial charge in [-0.2, -0.15) is 0 Å². The van der Waals surface area contributed by atoms with E-state index in [2.05, 4.69) is 16.0 Å². The fourth-order valence-corrected chi connectivity index (χ4v) is 6.85. The van der Waals surface area contributed by atoms with Crippen molar-refractivity contribution in [3.8, 4) is 0 Å². The number of hydrogen-bond acceptors (Lipinski definition) is 4. The lowest BCUT2D eigenvalue weighted by Crippen LogP contribution is -2.55. The predicted molar refractivity (Wildman–Crippen MR) is 162 cm³/mol. The number of piperidine rings is 2. The molecule has 0 saturated carbocycles. The van der Waals surface area contributed by atoms with Gasteiger partial charge in [0.1, 0.15) is 12.4 Å². The van der Waals surface area contributed by atoms with Crippen LogP contribution in [0.3, 0.4) is 0 Å². The van der Waals surface area contributed by atoms with E-state index in [-0.39, 0.29) is 42.6 Å². The summed E-state index contributed by atoms with van der Waals surface area (Å²) in [6.07, 6.45) is 7.84. The molecule has 42 heavy (non-hydrogen) atoms. The molecule has 4 atom stereocenters. The summed E-state index contributed by atoms with van der Waals surface area (Å²) in [5.74, 6) is -2.86. The number of aryl methyl sites for hydroxylation is 1. The largest absolute Gasteiger partial charge is 0.352 e. The zero-order valence-corrected chi connectivity index (χ0v) is 24.9. The lowest BCUT2D eigenvalue weighted by atomic mass is 9.68. The smallest absolute Gasteiger partial charge is 0.239 e. The van der Waals surface area contributed by atoms with Crippen molar-refractivity contribution in [3.63, 3.8) is 0 Å². The molecule has 0 bridgehead atoms. The number of hydrogen-bond donors (Lipinski definition) is 3. The first-order valence-corrected chi connectivity index (χ1v) is 15.1. The van der Waals surface area contributed by atoms with Crippen LogP contribution in [0.1, 0.15) is 42.9 Å². The van der Waals surface area contributed by atoms with E-state index in [1.54, 1.807) is 36.4 Å². The number of nitrogens with zero attached hydrogens (tertiary/aromatic N) is 1. The molecule has 222 valence electrons. The lowest BCUT2D eigenvalue weighted by molar-refractivity contribution is -0.150. The molecule has 0 radical (unpaired) electrons. The molecular formula is C32H35Cl2FN4O3. The van der Waals surface area contributed by atoms with Crippen molar-refractivity contribution in [3.05, 3.63) is 87.7 Å². The second-order valence-electron chi connectivity index (χ2n) is 11.3. The highest BCUT2D eigenvalue weighted by atomic mass is 35.5. The summed E-state index contributed by atoms with van der Waals surface area (Å²) < 4.78 is 14.8. The van der Waals surface area contributed by atoms with Gasteiger partial charge in [-0.25, -0.2) is 4.39 Å². The van der Waals surface area contributed by atoms with Crippen LogP contribution in [0.4, 0.5) is 10.1 Å². The van der Waals surface area contributed by atoms with E-state index in [1.807, 2.05) is 19.1 Å². The Morgan fingerprint density at radius 2 is 1.90 bits per heavy atom. The SMILES string of the molecule is Cc1ccc(F)cc1[C@@H]1[C@@H](C(=O)Nc2cccc(Cl)c2)[C@H](C2C=C(Cl)C=CC2)CC(=O)N1CC(=O)NC1CCNCC1. The summed E-state index contributed by atoms with van der Waals surface area (Å²) in [5, 5.41) is 10.3. The highest BCUT2D eigenvalue weighted by Crippen LogP contribution is 2.47. The van der Waals surface area contributed by atoms with Crippen LogP contribution in [0.2, 0.25) is 5.02 Å². The molecule has 2 aliphatic heterocycles. The van der Waals surface area contributed by atoms with Gasteiger partial charge in [-0.1, -0.05) is 47.5 Å². The van der Waals surface area contributed by atoms with Gasteiger partial charge in [0.2, 0.25) is 17.7 Å². The minimum absolute atomic E-state index is 0.00368. The number of rotatable bonds is 7. The molecule has 1 unspecified atom stereocenters. The minimum Gasteiger partial charge on any atom is -0.352 e. The van der Waals surface area contributed by atoms with E-state index in [0.717, 1.165) is 31.5 Å². The Balaban J connectivity index is 1.56. The van der Waals surface area contributed by atoms with Gasteiger partial charge in [-0.3, -0.25) is 14.4 Å². The zero-order chi connectivity index (χ0) is 29.8. The molecule has 2 fully saturated rings. The Bertz CT molecular complexity index is 1410. The second kappa shape index (κ2) is 13.4. The summed E-state index contributed by atoms with van der Waals surface area (Å²) in [7, 11) is 0. The van der Waals surface area contributed by atoms with Gasteiger partial charge in [-0.05, 0) is 98.6 Å². The van der Waals surface area contributed by atoms with Gasteiger partial charge >= 0.3 is 0 Å². The van der Waals surface area contributed by atoms with Crippen LogP contribution < -0.4 is 16.0 Å². The van der Waals surface area contributed by atoms with Crippen LogP contribution in [0.5, 0.6) is 0 Å². The Hall–Kier alpha value is -3.20. The summed E-state index contributed by atoms with van der Waals surface area (Å²) >= 11 is 12.6. The first kappa shape index (κ1) is 30.3.